The van der Waals surface area contributed by atoms with E-state index >= 15 is 0 Å². The first-order valence-electron chi connectivity index (χ1n) is 19.6. The third-order valence-corrected chi connectivity index (χ3v) is 12.8. The highest BCUT2D eigenvalue weighted by Crippen LogP contribution is 2.58. The highest BCUT2D eigenvalue weighted by Gasteiger charge is 2.47. The van der Waals surface area contributed by atoms with Crippen LogP contribution in [0.2, 0.25) is 0 Å². The number of para-hydroxylation sites is 1. The van der Waals surface area contributed by atoms with E-state index in [-0.39, 0.29) is 0 Å². The standard InChI is InChI=1S/C55H37NS/c1-5-18-38(19-6-1)40-34-41(39-20-7-2-8-21-39)36-45(35-40)56(43-24-11-4-12-25-43)44-32-33-52-48(37-44)54-51(30-17-31-53(54)57-52)55(42-22-9-3-10-23-42)49-28-15-13-26-46(49)47-27-14-16-29-50(47)55/h1-37H. The van der Waals surface area contributed by atoms with Crippen molar-refractivity contribution in [3.63, 3.8) is 0 Å². The second-order valence-corrected chi connectivity index (χ2v) is 15.9. The summed E-state index contributed by atoms with van der Waals surface area (Å²) in [6.07, 6.45) is 0. The third kappa shape index (κ3) is 5.37. The number of hydrogen-bond acceptors (Lipinski definition) is 2. The van der Waals surface area contributed by atoms with Gasteiger partial charge in [-0.1, -0.05) is 170 Å². The molecule has 0 bridgehead atoms. The lowest BCUT2D eigenvalue weighted by Crippen LogP contribution is -2.28. The van der Waals surface area contributed by atoms with Crippen LogP contribution in [0.5, 0.6) is 0 Å². The molecule has 0 spiro atoms. The van der Waals surface area contributed by atoms with Crippen LogP contribution in [-0.2, 0) is 5.41 Å². The van der Waals surface area contributed by atoms with E-state index in [4.69, 9.17) is 0 Å². The molecule has 0 fully saturated rings. The van der Waals surface area contributed by atoms with Gasteiger partial charge in [0.15, 0.2) is 0 Å². The molecular weight excluding hydrogens is 707 g/mol. The van der Waals surface area contributed by atoms with Crippen LogP contribution in [0.3, 0.4) is 0 Å². The molecule has 0 amide bonds. The van der Waals surface area contributed by atoms with E-state index in [1.165, 1.54) is 75.8 Å². The average molecular weight is 744 g/mol. The summed E-state index contributed by atoms with van der Waals surface area (Å²) in [4.78, 5) is 2.43. The topological polar surface area (TPSA) is 3.24 Å². The number of anilines is 3. The second-order valence-electron chi connectivity index (χ2n) is 14.8. The average Bonchev–Trinajstić information content (AvgIpc) is 3.81. The zero-order chi connectivity index (χ0) is 37.8. The van der Waals surface area contributed by atoms with Crippen LogP contribution in [0.15, 0.2) is 224 Å². The molecule has 1 aromatic heterocycles. The summed E-state index contributed by atoms with van der Waals surface area (Å²) in [5.74, 6) is 0. The lowest BCUT2D eigenvalue weighted by atomic mass is 9.66. The molecule has 1 aliphatic rings. The summed E-state index contributed by atoms with van der Waals surface area (Å²) >= 11 is 1.88. The van der Waals surface area contributed by atoms with Crippen molar-refractivity contribution in [3.8, 4) is 33.4 Å². The number of thiophene rings is 1. The summed E-state index contributed by atoms with van der Waals surface area (Å²) in [7, 11) is 0. The SMILES string of the molecule is c1ccc(-c2cc(-c3ccccc3)cc(N(c3ccccc3)c3ccc4sc5cccc(C6(c7ccccc7)c7ccccc7-c7ccccc76)c5c4c3)c2)cc1. The maximum atomic E-state index is 2.44. The van der Waals surface area contributed by atoms with E-state index in [1.807, 2.05) is 11.3 Å². The summed E-state index contributed by atoms with van der Waals surface area (Å²) in [5, 5.41) is 2.58. The zero-order valence-electron chi connectivity index (χ0n) is 31.2. The molecule has 0 radical (unpaired) electrons. The van der Waals surface area contributed by atoms with Crippen LogP contribution in [0.4, 0.5) is 17.1 Å². The molecular formula is C55H37NS. The van der Waals surface area contributed by atoms with Gasteiger partial charge in [-0.15, -0.1) is 11.3 Å². The highest BCUT2D eigenvalue weighted by atomic mass is 32.1. The minimum Gasteiger partial charge on any atom is -0.310 e. The zero-order valence-corrected chi connectivity index (χ0v) is 32.0. The van der Waals surface area contributed by atoms with E-state index in [1.54, 1.807) is 0 Å². The summed E-state index contributed by atoms with van der Waals surface area (Å²) in [6.45, 7) is 0. The van der Waals surface area contributed by atoms with Crippen molar-refractivity contribution >= 4 is 48.6 Å². The third-order valence-electron chi connectivity index (χ3n) is 11.7. The number of hydrogen-bond donors (Lipinski definition) is 0. The van der Waals surface area contributed by atoms with Crippen LogP contribution in [0.1, 0.15) is 22.3 Å². The molecule has 1 heterocycles. The molecule has 11 rings (SSSR count). The van der Waals surface area contributed by atoms with Crippen molar-refractivity contribution in [3.05, 3.63) is 247 Å². The molecule has 57 heavy (non-hydrogen) atoms. The van der Waals surface area contributed by atoms with Gasteiger partial charge >= 0.3 is 0 Å². The number of benzene rings is 9. The maximum absolute atomic E-state index is 2.44. The van der Waals surface area contributed by atoms with Crippen LogP contribution in [-0.4, -0.2) is 0 Å². The van der Waals surface area contributed by atoms with Gasteiger partial charge in [-0.2, -0.15) is 0 Å². The molecule has 0 atom stereocenters. The van der Waals surface area contributed by atoms with Gasteiger partial charge in [-0.05, 0) is 110 Å². The molecule has 2 heteroatoms. The largest absolute Gasteiger partial charge is 0.310 e. The lowest BCUT2D eigenvalue weighted by Gasteiger charge is -2.34. The van der Waals surface area contributed by atoms with E-state index < -0.39 is 5.41 Å². The predicted molar refractivity (Wildman–Crippen MR) is 242 cm³/mol. The second kappa shape index (κ2) is 13.6. The molecule has 1 aliphatic carbocycles. The van der Waals surface area contributed by atoms with Crippen LogP contribution >= 0.6 is 11.3 Å². The van der Waals surface area contributed by atoms with Crippen molar-refractivity contribution in [1.82, 2.24) is 0 Å². The fraction of sp³-hybridized carbons (Fsp3) is 0.0182. The number of fused-ring (bicyclic) bond motifs is 6. The summed E-state index contributed by atoms with van der Waals surface area (Å²) in [6, 6.07) is 82.5. The Morgan fingerprint density at radius 1 is 0.333 bits per heavy atom. The van der Waals surface area contributed by atoms with E-state index in [0.29, 0.717) is 0 Å². The highest BCUT2D eigenvalue weighted by molar-refractivity contribution is 7.25. The first-order chi connectivity index (χ1) is 28.3. The maximum Gasteiger partial charge on any atom is 0.0720 e. The molecule has 0 saturated carbocycles. The Balaban J connectivity index is 1.19. The van der Waals surface area contributed by atoms with Gasteiger partial charge in [0, 0.05) is 37.2 Å². The van der Waals surface area contributed by atoms with Crippen molar-refractivity contribution < 1.29 is 0 Å². The van der Waals surface area contributed by atoms with E-state index in [9.17, 15) is 0 Å². The van der Waals surface area contributed by atoms with Crippen molar-refractivity contribution in [1.29, 1.82) is 0 Å². The molecule has 1 nitrogen and oxygen atoms in total. The summed E-state index contributed by atoms with van der Waals surface area (Å²) in [5.41, 5.74) is 15.5. The fourth-order valence-corrected chi connectivity index (χ4v) is 10.4. The van der Waals surface area contributed by atoms with Crippen molar-refractivity contribution in [2.45, 2.75) is 5.41 Å². The number of rotatable bonds is 7. The Hall–Kier alpha value is -7.00. The van der Waals surface area contributed by atoms with Gasteiger partial charge in [-0.25, -0.2) is 0 Å². The first kappa shape index (κ1) is 33.3. The quantitative estimate of drug-likeness (QED) is 0.157. The van der Waals surface area contributed by atoms with Crippen molar-refractivity contribution in [2.24, 2.45) is 0 Å². The Bertz CT molecular complexity index is 2950. The normalized spacial score (nSPS) is 12.7. The Morgan fingerprint density at radius 3 is 1.47 bits per heavy atom. The van der Waals surface area contributed by atoms with Gasteiger partial charge in [0.1, 0.15) is 0 Å². The molecule has 9 aromatic carbocycles. The van der Waals surface area contributed by atoms with Gasteiger partial charge < -0.3 is 4.90 Å². The van der Waals surface area contributed by atoms with E-state index in [0.717, 1.165) is 17.1 Å². The van der Waals surface area contributed by atoms with Crippen LogP contribution in [0, 0.1) is 0 Å². The summed E-state index contributed by atoms with van der Waals surface area (Å²) < 4.78 is 2.57. The van der Waals surface area contributed by atoms with Gasteiger partial charge in [0.2, 0.25) is 0 Å². The molecule has 0 aliphatic heterocycles. The molecule has 268 valence electrons. The van der Waals surface area contributed by atoms with Crippen molar-refractivity contribution in [2.75, 3.05) is 4.90 Å². The molecule has 10 aromatic rings. The molecule has 0 unspecified atom stereocenters. The molecule has 0 saturated heterocycles. The molecule has 0 N–H and O–H groups in total. The monoisotopic (exact) mass is 743 g/mol. The smallest absolute Gasteiger partial charge is 0.0720 e. The Labute approximate surface area is 337 Å². The van der Waals surface area contributed by atoms with Crippen LogP contribution in [0.25, 0.3) is 53.6 Å². The Morgan fingerprint density at radius 2 is 0.860 bits per heavy atom. The first-order valence-corrected chi connectivity index (χ1v) is 20.4. The predicted octanol–water partition coefficient (Wildman–Crippen LogP) is 15.2. The lowest BCUT2D eigenvalue weighted by molar-refractivity contribution is 0.777. The van der Waals surface area contributed by atoms with Crippen LogP contribution < -0.4 is 4.90 Å². The van der Waals surface area contributed by atoms with Gasteiger partial charge in [0.25, 0.3) is 0 Å². The fourth-order valence-electron chi connectivity index (χ4n) is 9.31. The number of nitrogens with zero attached hydrogens (tertiary/aromatic N) is 1. The minimum absolute atomic E-state index is 0.494. The van der Waals surface area contributed by atoms with Gasteiger partial charge in [0.05, 0.1) is 5.41 Å². The van der Waals surface area contributed by atoms with E-state index in [2.05, 4.69) is 229 Å². The van der Waals surface area contributed by atoms with Gasteiger partial charge in [-0.3, -0.25) is 0 Å². The Kier molecular flexibility index (Phi) is 7.98. The minimum atomic E-state index is -0.494.